The second-order valence-electron chi connectivity index (χ2n) is 7.06. The summed E-state index contributed by atoms with van der Waals surface area (Å²) < 4.78 is 3.33. The number of carbonyl (C=O) groups is 2. The number of aryl methyl sites for hydroxylation is 2. The molecule has 8 nitrogen and oxygen atoms in total. The van der Waals surface area contributed by atoms with Crippen molar-refractivity contribution in [2.45, 2.75) is 33.2 Å². The van der Waals surface area contributed by atoms with Crippen LogP contribution in [0, 0.1) is 19.8 Å². The number of rotatable bonds is 4. The summed E-state index contributed by atoms with van der Waals surface area (Å²) in [4.78, 5) is 31.7. The molecule has 3 aromatic rings. The Morgan fingerprint density at radius 3 is 2.67 bits per heavy atom. The maximum atomic E-state index is 13.0. The second kappa shape index (κ2) is 6.94. The van der Waals surface area contributed by atoms with Gasteiger partial charge >= 0.3 is 0 Å². The molecular weight excluding hydrogens is 344 g/mol. The van der Waals surface area contributed by atoms with Crippen LogP contribution in [-0.4, -0.2) is 54.1 Å². The van der Waals surface area contributed by atoms with Crippen molar-refractivity contribution in [3.05, 3.63) is 47.7 Å². The molecule has 1 aliphatic rings. The molecule has 0 saturated carbocycles. The minimum absolute atomic E-state index is 0.0356. The first kappa shape index (κ1) is 17.4. The Morgan fingerprint density at radius 2 is 1.96 bits per heavy atom. The molecule has 0 radical (unpaired) electrons. The molecule has 0 bridgehead atoms. The molecule has 1 fully saturated rings. The zero-order chi connectivity index (χ0) is 19.0. The van der Waals surface area contributed by atoms with Gasteiger partial charge in [-0.15, -0.1) is 0 Å². The van der Waals surface area contributed by atoms with E-state index in [1.807, 2.05) is 24.8 Å². The molecule has 0 unspecified atom stereocenters. The largest absolute Gasteiger partial charge is 0.341 e. The molecule has 27 heavy (non-hydrogen) atoms. The fourth-order valence-electron chi connectivity index (χ4n) is 3.69. The first-order chi connectivity index (χ1) is 13.0. The molecule has 3 aromatic heterocycles. The van der Waals surface area contributed by atoms with Gasteiger partial charge in [0.2, 0.25) is 5.91 Å². The van der Waals surface area contributed by atoms with Gasteiger partial charge in [-0.25, -0.2) is 9.50 Å². The predicted molar refractivity (Wildman–Crippen MR) is 98.3 cm³/mol. The van der Waals surface area contributed by atoms with Gasteiger partial charge in [-0.05, 0) is 38.8 Å². The van der Waals surface area contributed by atoms with E-state index in [4.69, 9.17) is 0 Å². The van der Waals surface area contributed by atoms with Gasteiger partial charge in [0.15, 0.2) is 11.4 Å². The predicted octanol–water partition coefficient (Wildman–Crippen LogP) is 1.66. The Bertz CT molecular complexity index is 983. The summed E-state index contributed by atoms with van der Waals surface area (Å²) in [5.74, 6) is 0.00421. The second-order valence-corrected chi connectivity index (χ2v) is 7.06. The molecule has 0 N–H and O–H groups in total. The summed E-state index contributed by atoms with van der Waals surface area (Å²) in [7, 11) is 0. The number of likely N-dealkylation sites (tertiary alicyclic amines) is 1. The van der Waals surface area contributed by atoms with Crippen molar-refractivity contribution in [3.8, 4) is 0 Å². The van der Waals surface area contributed by atoms with Crippen molar-refractivity contribution in [3.63, 3.8) is 0 Å². The van der Waals surface area contributed by atoms with Gasteiger partial charge in [-0.1, -0.05) is 0 Å². The van der Waals surface area contributed by atoms with Crippen LogP contribution < -0.4 is 0 Å². The Balaban J connectivity index is 1.44. The lowest BCUT2D eigenvalue weighted by Gasteiger charge is -2.31. The molecule has 0 aliphatic carbocycles. The molecule has 1 aliphatic heterocycles. The number of nitrogens with zero attached hydrogens (tertiary/aromatic N) is 6. The first-order valence-electron chi connectivity index (χ1n) is 9.14. The van der Waals surface area contributed by atoms with Crippen LogP contribution in [-0.2, 0) is 11.3 Å². The number of hydrogen-bond acceptors (Lipinski definition) is 5. The van der Waals surface area contributed by atoms with Crippen LogP contribution in [0.3, 0.4) is 0 Å². The Morgan fingerprint density at radius 1 is 1.19 bits per heavy atom. The van der Waals surface area contributed by atoms with Crippen molar-refractivity contribution >= 4 is 17.3 Å². The Labute approximate surface area is 156 Å². The van der Waals surface area contributed by atoms with Crippen LogP contribution in [0.5, 0.6) is 0 Å². The average Bonchev–Trinajstić information content (AvgIpc) is 3.31. The first-order valence-corrected chi connectivity index (χ1v) is 9.14. The van der Waals surface area contributed by atoms with E-state index < -0.39 is 0 Å². The molecule has 1 amide bonds. The highest BCUT2D eigenvalue weighted by Crippen LogP contribution is 2.24. The fraction of sp³-hybridized carbons (Fsp3) is 0.421. The van der Waals surface area contributed by atoms with Crippen LogP contribution in [0.1, 0.15) is 34.6 Å². The Kier molecular flexibility index (Phi) is 4.47. The maximum Gasteiger partial charge on any atom is 0.244 e. The van der Waals surface area contributed by atoms with Crippen LogP contribution >= 0.6 is 0 Å². The van der Waals surface area contributed by atoms with E-state index in [1.165, 1.54) is 0 Å². The number of ketones is 1. The van der Waals surface area contributed by atoms with Crippen molar-refractivity contribution in [1.29, 1.82) is 0 Å². The summed E-state index contributed by atoms with van der Waals surface area (Å²) >= 11 is 0. The summed E-state index contributed by atoms with van der Waals surface area (Å²) in [5, 5.41) is 8.39. The van der Waals surface area contributed by atoms with E-state index in [2.05, 4.69) is 15.2 Å². The monoisotopic (exact) mass is 366 g/mol. The number of hydrogen-bond donors (Lipinski definition) is 0. The number of aromatic nitrogens is 5. The zero-order valence-electron chi connectivity index (χ0n) is 15.5. The lowest BCUT2D eigenvalue weighted by atomic mass is 9.89. The summed E-state index contributed by atoms with van der Waals surface area (Å²) in [5.41, 5.74) is 3.02. The minimum atomic E-state index is -0.102. The molecule has 4 rings (SSSR count). The molecule has 1 saturated heterocycles. The summed E-state index contributed by atoms with van der Waals surface area (Å²) in [6.45, 7) is 5.27. The van der Waals surface area contributed by atoms with Crippen molar-refractivity contribution in [2.24, 2.45) is 5.92 Å². The quantitative estimate of drug-likeness (QED) is 0.656. The third-order valence-electron chi connectivity index (χ3n) is 5.12. The Hall–Kier alpha value is -3.03. The van der Waals surface area contributed by atoms with Gasteiger partial charge in [0.1, 0.15) is 6.54 Å². The number of fused-ring (bicyclic) bond motifs is 1. The van der Waals surface area contributed by atoms with Crippen LogP contribution in [0.15, 0.2) is 30.7 Å². The molecular formula is C19H22N6O2. The van der Waals surface area contributed by atoms with Gasteiger partial charge in [-0.2, -0.15) is 10.2 Å². The van der Waals surface area contributed by atoms with E-state index in [0.717, 1.165) is 11.4 Å². The van der Waals surface area contributed by atoms with Crippen LogP contribution in [0.4, 0.5) is 0 Å². The number of carbonyl (C=O) groups excluding carboxylic acids is 2. The van der Waals surface area contributed by atoms with Gasteiger partial charge in [0.25, 0.3) is 0 Å². The topological polar surface area (TPSA) is 85.4 Å². The van der Waals surface area contributed by atoms with Crippen molar-refractivity contribution in [2.75, 3.05) is 13.1 Å². The lowest BCUT2D eigenvalue weighted by molar-refractivity contribution is -0.133. The SMILES string of the molecule is Cc1cc(C)n2ncc(C(=O)C3CCN(C(=O)Cn4cccn4)CC3)c2n1. The zero-order valence-corrected chi connectivity index (χ0v) is 15.5. The summed E-state index contributed by atoms with van der Waals surface area (Å²) in [6, 6.07) is 3.74. The van der Waals surface area contributed by atoms with E-state index >= 15 is 0 Å². The van der Waals surface area contributed by atoms with E-state index in [9.17, 15) is 9.59 Å². The molecule has 0 spiro atoms. The highest BCUT2D eigenvalue weighted by atomic mass is 16.2. The van der Waals surface area contributed by atoms with Crippen LogP contribution in [0.25, 0.3) is 5.65 Å². The van der Waals surface area contributed by atoms with Gasteiger partial charge in [-0.3, -0.25) is 14.3 Å². The third kappa shape index (κ3) is 3.34. The lowest BCUT2D eigenvalue weighted by Crippen LogP contribution is -2.41. The molecule has 0 atom stereocenters. The van der Waals surface area contributed by atoms with Crippen molar-refractivity contribution in [1.82, 2.24) is 29.3 Å². The minimum Gasteiger partial charge on any atom is -0.341 e. The van der Waals surface area contributed by atoms with E-state index in [-0.39, 0.29) is 24.2 Å². The number of amides is 1. The normalized spacial score (nSPS) is 15.4. The smallest absolute Gasteiger partial charge is 0.244 e. The maximum absolute atomic E-state index is 13.0. The average molecular weight is 366 g/mol. The molecule has 4 heterocycles. The molecule has 140 valence electrons. The van der Waals surface area contributed by atoms with E-state index in [0.29, 0.717) is 37.1 Å². The number of piperidine rings is 1. The standard InChI is InChI=1S/C19H22N6O2/c1-13-10-14(2)25-19(22-13)16(11-21-25)18(27)15-4-8-23(9-5-15)17(26)12-24-7-3-6-20-24/h3,6-7,10-11,15H,4-5,8-9,12H2,1-2H3. The highest BCUT2D eigenvalue weighted by molar-refractivity contribution is 6.02. The summed E-state index contributed by atoms with van der Waals surface area (Å²) in [6.07, 6.45) is 6.37. The highest BCUT2D eigenvalue weighted by Gasteiger charge is 2.30. The molecule has 0 aromatic carbocycles. The number of Topliss-reactive ketones (excluding diaryl/α,β-unsaturated/α-hetero) is 1. The van der Waals surface area contributed by atoms with Gasteiger partial charge in [0.05, 0.1) is 11.8 Å². The van der Waals surface area contributed by atoms with Gasteiger partial charge < -0.3 is 4.90 Å². The van der Waals surface area contributed by atoms with Crippen LogP contribution in [0.2, 0.25) is 0 Å². The van der Waals surface area contributed by atoms with E-state index in [1.54, 1.807) is 33.9 Å². The van der Waals surface area contributed by atoms with Crippen molar-refractivity contribution < 1.29 is 9.59 Å². The fourth-order valence-corrected chi connectivity index (χ4v) is 3.69. The molecule has 8 heteroatoms. The third-order valence-corrected chi connectivity index (χ3v) is 5.12. The van der Waals surface area contributed by atoms with Gasteiger partial charge in [0, 0.05) is 42.8 Å².